The van der Waals surface area contributed by atoms with Crippen LogP contribution in [0.5, 0.6) is 0 Å². The van der Waals surface area contributed by atoms with Gasteiger partial charge >= 0.3 is 5.51 Å². The minimum Gasteiger partial charge on any atom is -0.382 e. The molecule has 104 heavy (non-hydrogen) atoms. The van der Waals surface area contributed by atoms with Crippen molar-refractivity contribution in [2.45, 2.75) is 130 Å². The minimum atomic E-state index is -6.19. The van der Waals surface area contributed by atoms with E-state index in [4.69, 9.17) is 25.8 Å². The van der Waals surface area contributed by atoms with Crippen LogP contribution in [0.4, 0.5) is 30.2 Å². The normalized spacial score (nSPS) is 16.9. The highest BCUT2D eigenvalue weighted by atomic mass is 35.5. The SMILES string of the molecule is CN(CCC(CSc1ccccc1)Nc1ccc(S(=O)(=O)NC(=O)c2ccc(N3CCN(CC4=C(c5ccc(Cl)cc5)CCC(C)(C)C4)CC3)cc2)cc1S(=O)(=O)C(F)(F)F)C(=O)CCCCCCn1cc(COCCOCCOCCNc2cccc3c2C(=O)N(C2CCC(=O)NC2=O)C3=O)nn1. The number of anilines is 3. The van der Waals surface area contributed by atoms with Gasteiger partial charge < -0.3 is 34.6 Å². The van der Waals surface area contributed by atoms with E-state index in [9.17, 15) is 58.8 Å². The van der Waals surface area contributed by atoms with Crippen molar-refractivity contribution < 1.29 is 73.0 Å². The van der Waals surface area contributed by atoms with Gasteiger partial charge in [0.25, 0.3) is 37.6 Å². The number of sulfonamides is 1. The Morgan fingerprint density at radius 3 is 2.24 bits per heavy atom. The van der Waals surface area contributed by atoms with Crippen molar-refractivity contribution in [3.05, 3.63) is 160 Å². The molecule has 5 aromatic carbocycles. The number of ether oxygens (including phenoxy) is 3. The number of amides is 6. The predicted octanol–water partition coefficient (Wildman–Crippen LogP) is 10.3. The first kappa shape index (κ1) is 78.4. The number of thioether (sulfide) groups is 1. The van der Waals surface area contributed by atoms with Crippen molar-refractivity contribution in [2.75, 3.05) is 107 Å². The smallest absolute Gasteiger partial charge is 0.382 e. The summed E-state index contributed by atoms with van der Waals surface area (Å²) in [4.78, 5) is 83.1. The molecule has 2 atom stereocenters. The molecule has 2 unspecified atom stereocenters. The number of imide groups is 2. The molecular formula is C73H87ClF3N11O13S3. The highest BCUT2D eigenvalue weighted by molar-refractivity contribution is 7.99. The van der Waals surface area contributed by atoms with Crippen LogP contribution in [0.2, 0.25) is 5.02 Å². The molecule has 1 aromatic heterocycles. The molecule has 4 N–H and O–H groups in total. The monoisotopic (exact) mass is 1510 g/mol. The first-order valence-corrected chi connectivity index (χ1v) is 39.0. The van der Waals surface area contributed by atoms with Crippen LogP contribution in [0.25, 0.3) is 5.57 Å². The number of aromatic nitrogens is 3. The average Bonchev–Trinajstić information content (AvgIpc) is 1.55. The number of fused-ring (bicyclic) bond motifs is 1. The first-order chi connectivity index (χ1) is 49.7. The predicted molar refractivity (Wildman–Crippen MR) is 388 cm³/mol. The van der Waals surface area contributed by atoms with Crippen molar-refractivity contribution in [1.29, 1.82) is 0 Å². The Balaban J connectivity index is 0.630. The summed E-state index contributed by atoms with van der Waals surface area (Å²) in [5, 5.41) is 17.3. The molecule has 4 heterocycles. The number of nitrogens with zero attached hydrogens (tertiary/aromatic N) is 7. The highest BCUT2D eigenvalue weighted by Gasteiger charge is 2.49. The summed E-state index contributed by atoms with van der Waals surface area (Å²) in [6.45, 7) is 11.2. The maximum absolute atomic E-state index is 14.5. The van der Waals surface area contributed by atoms with E-state index in [2.05, 4.69) is 62.0 Å². The summed E-state index contributed by atoms with van der Waals surface area (Å²) in [7, 11) is -9.53. The second-order valence-corrected chi connectivity index (χ2v) is 32.0. The Labute approximate surface area is 613 Å². The Morgan fingerprint density at radius 2 is 1.52 bits per heavy atom. The number of aryl methyl sites for hydroxylation is 1. The molecule has 6 amide bonds. The summed E-state index contributed by atoms with van der Waals surface area (Å²) >= 11 is 7.57. The van der Waals surface area contributed by atoms with Crippen molar-refractivity contribution in [2.24, 2.45) is 5.41 Å². The molecule has 24 nitrogen and oxygen atoms in total. The number of piperidine rings is 1. The van der Waals surface area contributed by atoms with E-state index in [1.54, 1.807) is 42.2 Å². The third-order valence-corrected chi connectivity index (χ3v) is 22.9. The number of alkyl halides is 3. The Bertz CT molecular complexity index is 4300. The van der Waals surface area contributed by atoms with Crippen molar-refractivity contribution >= 4 is 101 Å². The van der Waals surface area contributed by atoms with Crippen molar-refractivity contribution in [3.8, 4) is 0 Å². The summed E-state index contributed by atoms with van der Waals surface area (Å²) in [5.41, 5.74) is 0.00736. The number of halogens is 4. The second-order valence-electron chi connectivity index (χ2n) is 26.9. The van der Waals surface area contributed by atoms with Crippen LogP contribution in [0.15, 0.2) is 142 Å². The maximum atomic E-state index is 14.5. The summed E-state index contributed by atoms with van der Waals surface area (Å²) in [6.07, 6.45) is 8.24. The third kappa shape index (κ3) is 20.8. The number of carbonyl (C=O) groups excluding carboxylic acids is 6. The van der Waals surface area contributed by atoms with Gasteiger partial charge in [0.1, 0.15) is 16.6 Å². The molecular weight excluding hydrogens is 1430 g/mol. The third-order valence-electron chi connectivity index (χ3n) is 18.7. The number of hydrogen-bond acceptors (Lipinski definition) is 20. The largest absolute Gasteiger partial charge is 0.501 e. The number of unbranched alkanes of at least 4 members (excludes halogenated alkanes) is 3. The van der Waals surface area contributed by atoms with E-state index >= 15 is 0 Å². The van der Waals surface area contributed by atoms with Gasteiger partial charge in [0.2, 0.25) is 17.7 Å². The molecule has 558 valence electrons. The van der Waals surface area contributed by atoms with E-state index in [1.165, 1.54) is 51.6 Å². The number of carbonyl (C=O) groups is 6. The molecule has 31 heteroatoms. The van der Waals surface area contributed by atoms with E-state index in [0.717, 1.165) is 85.8 Å². The van der Waals surface area contributed by atoms with Crippen molar-refractivity contribution in [1.82, 2.24) is 39.7 Å². The highest BCUT2D eigenvalue weighted by Crippen LogP contribution is 2.43. The lowest BCUT2D eigenvalue weighted by atomic mass is 9.73. The van der Waals surface area contributed by atoms with Gasteiger partial charge in [-0.15, -0.1) is 16.9 Å². The first-order valence-electron chi connectivity index (χ1n) is 34.7. The van der Waals surface area contributed by atoms with Gasteiger partial charge in [0, 0.05) is 111 Å². The summed E-state index contributed by atoms with van der Waals surface area (Å²) < 4.78 is 118. The zero-order valence-corrected chi connectivity index (χ0v) is 61.5. The Kier molecular flexibility index (Phi) is 26.9. The lowest BCUT2D eigenvalue weighted by molar-refractivity contribution is -0.136. The molecule has 3 aliphatic heterocycles. The van der Waals surface area contributed by atoms with Gasteiger partial charge in [-0.25, -0.2) is 21.6 Å². The average molecular weight is 1520 g/mol. The molecule has 0 radical (unpaired) electrons. The summed E-state index contributed by atoms with van der Waals surface area (Å²) in [6, 6.07) is 28.8. The molecule has 2 fully saturated rings. The van der Waals surface area contributed by atoms with E-state index < -0.39 is 82.5 Å². The minimum absolute atomic E-state index is 0.0282. The topological polar surface area (TPSA) is 290 Å². The molecule has 4 aliphatic rings. The van der Waals surface area contributed by atoms with Crippen LogP contribution in [0.3, 0.4) is 0 Å². The van der Waals surface area contributed by atoms with Gasteiger partial charge in [-0.1, -0.05) is 85.5 Å². The fourth-order valence-corrected chi connectivity index (χ4v) is 16.1. The van der Waals surface area contributed by atoms with Crippen LogP contribution in [-0.4, -0.2) is 191 Å². The van der Waals surface area contributed by atoms with Crippen molar-refractivity contribution in [3.63, 3.8) is 0 Å². The van der Waals surface area contributed by atoms with Crippen LogP contribution >= 0.6 is 23.4 Å². The zero-order chi connectivity index (χ0) is 74.2. The number of hydrogen-bond donors (Lipinski definition) is 4. The number of benzene rings is 5. The van der Waals surface area contributed by atoms with Gasteiger partial charge in [0.15, 0.2) is 0 Å². The molecule has 6 aromatic rings. The molecule has 2 saturated heterocycles. The van der Waals surface area contributed by atoms with Gasteiger partial charge in [-0.3, -0.25) is 48.6 Å². The van der Waals surface area contributed by atoms with E-state index in [0.29, 0.717) is 81.5 Å². The van der Waals surface area contributed by atoms with Gasteiger partial charge in [-0.05, 0) is 140 Å². The van der Waals surface area contributed by atoms with Crippen LogP contribution in [0.1, 0.15) is 127 Å². The zero-order valence-electron chi connectivity index (χ0n) is 58.3. The fourth-order valence-electron chi connectivity index (χ4n) is 12.9. The molecule has 0 spiro atoms. The van der Waals surface area contributed by atoms with E-state index in [-0.39, 0.29) is 79.2 Å². The standard InChI is InChI=1S/C73H87ClF3N11O13S3/c1-72(2)31-29-59(50-17-21-53(74)22-18-50)52(45-72)46-85-35-37-86(38-36-85)56-23-19-51(20-24-56)68(91)82-104(97,98)58-25-26-61(64(44-58)103(95,96)73(75,76)77)79-54(49-102-57-12-7-6-8-13-57)30-34-84(3)66(90)16-9-4-5-10-33-87-47-55(81-83-87)48-101-43-42-100-41-40-99-39-32-78-62-15-11-14-60-67(62)71(94)88(70(60)93)63-27-28-65(89)80-69(63)92/h6-8,11-15,17-26,44,47,54,63,78-79H,4-5,9-10,16,27-43,45-46,48-49H2,1-3H3,(H,82,91)(H,80,89,92). The maximum Gasteiger partial charge on any atom is 0.501 e. The number of sulfone groups is 1. The van der Waals surface area contributed by atoms with E-state index in [1.807, 2.05) is 47.2 Å². The number of nitrogens with one attached hydrogen (secondary N) is 4. The van der Waals surface area contributed by atoms with Gasteiger partial charge in [-0.2, -0.15) is 13.2 Å². The Hall–Kier alpha value is -8.23. The lowest BCUT2D eigenvalue weighted by Crippen LogP contribution is -2.54. The number of rotatable bonds is 36. The van der Waals surface area contributed by atoms with Crippen LogP contribution in [-0.2, 0) is 61.6 Å². The number of allylic oxidation sites excluding steroid dienone is 1. The molecule has 1 aliphatic carbocycles. The van der Waals surface area contributed by atoms with Crippen LogP contribution < -0.4 is 25.6 Å². The number of piperazine rings is 1. The van der Waals surface area contributed by atoms with Crippen LogP contribution in [0, 0.1) is 5.41 Å². The quantitative estimate of drug-likeness (QED) is 0.0161. The Morgan fingerprint density at radius 1 is 0.808 bits per heavy atom. The summed E-state index contributed by atoms with van der Waals surface area (Å²) in [5.74, 6) is -3.34. The van der Waals surface area contributed by atoms with Gasteiger partial charge in [0.05, 0.1) is 67.5 Å². The molecule has 0 bridgehead atoms. The fraction of sp³-hybridized carbons (Fsp3) is 0.452. The second kappa shape index (κ2) is 35.7. The molecule has 0 saturated carbocycles. The lowest BCUT2D eigenvalue weighted by Gasteiger charge is -2.39. The molecule has 10 rings (SSSR count).